The van der Waals surface area contributed by atoms with E-state index in [1.165, 1.54) is 0 Å². The molecular formula is C6H10F6Si. The van der Waals surface area contributed by atoms with Gasteiger partial charge in [0.1, 0.15) is 5.54 Å². The van der Waals surface area contributed by atoms with Gasteiger partial charge in [-0.05, 0) is 0 Å². The van der Waals surface area contributed by atoms with Crippen molar-refractivity contribution in [1.29, 1.82) is 0 Å². The minimum Gasteiger partial charge on any atom is -0.171 e. The van der Waals surface area contributed by atoms with Crippen LogP contribution in [0.25, 0.3) is 0 Å². The van der Waals surface area contributed by atoms with E-state index in [0.717, 1.165) is 19.6 Å². The number of hydrogen-bond donors (Lipinski definition) is 0. The van der Waals surface area contributed by atoms with Crippen molar-refractivity contribution in [2.75, 3.05) is 0 Å². The van der Waals surface area contributed by atoms with Crippen molar-refractivity contribution < 1.29 is 26.3 Å². The first-order valence-corrected chi connectivity index (χ1v) is 7.08. The number of halogens is 6. The highest BCUT2D eigenvalue weighted by Crippen LogP contribution is 2.49. The van der Waals surface area contributed by atoms with Crippen molar-refractivity contribution in [3.05, 3.63) is 0 Å². The summed E-state index contributed by atoms with van der Waals surface area (Å²) in [4.78, 5) is 0. The Morgan fingerprint density at radius 2 is 1.00 bits per heavy atom. The van der Waals surface area contributed by atoms with Gasteiger partial charge >= 0.3 is 12.4 Å². The zero-order valence-electron chi connectivity index (χ0n) is 7.35. The predicted molar refractivity (Wildman–Crippen MR) is 39.2 cm³/mol. The molecule has 0 aromatic carbocycles. The third-order valence-corrected chi connectivity index (χ3v) is 3.91. The van der Waals surface area contributed by atoms with E-state index in [9.17, 15) is 26.3 Å². The Morgan fingerprint density at radius 3 is 1.00 bits per heavy atom. The summed E-state index contributed by atoms with van der Waals surface area (Å²) >= 11 is 0. The summed E-state index contributed by atoms with van der Waals surface area (Å²) in [7, 11) is -3.31. The van der Waals surface area contributed by atoms with Crippen LogP contribution in [0, 0.1) is 0 Å². The molecule has 0 aliphatic carbocycles. The molecule has 0 radical (unpaired) electrons. The van der Waals surface area contributed by atoms with E-state index in [-0.39, 0.29) is 0 Å². The van der Waals surface area contributed by atoms with Crippen molar-refractivity contribution in [1.82, 2.24) is 0 Å². The van der Waals surface area contributed by atoms with Gasteiger partial charge < -0.3 is 0 Å². The zero-order valence-corrected chi connectivity index (χ0v) is 8.35. The molecule has 0 atom stereocenters. The maximum Gasteiger partial charge on any atom is 0.398 e. The van der Waals surface area contributed by atoms with E-state index in [0.29, 0.717) is 0 Å². The number of hydrogen-bond acceptors (Lipinski definition) is 0. The molecule has 0 amide bonds. The maximum absolute atomic E-state index is 12.0. The van der Waals surface area contributed by atoms with Gasteiger partial charge in [-0.2, -0.15) is 26.3 Å². The normalized spacial score (nSPS) is 15.2. The lowest BCUT2D eigenvalue weighted by atomic mass is 10.4. The topological polar surface area (TPSA) is 0 Å². The fourth-order valence-electron chi connectivity index (χ4n) is 1.17. The van der Waals surface area contributed by atoms with Gasteiger partial charge in [-0.25, -0.2) is 0 Å². The van der Waals surface area contributed by atoms with Crippen molar-refractivity contribution >= 4 is 8.07 Å². The van der Waals surface area contributed by atoms with Gasteiger partial charge in [-0.3, -0.25) is 0 Å². The molecule has 0 saturated carbocycles. The molecule has 7 heteroatoms. The molecule has 0 rings (SSSR count). The highest BCUT2D eigenvalue weighted by Gasteiger charge is 2.62. The molecule has 0 saturated heterocycles. The summed E-state index contributed by atoms with van der Waals surface area (Å²) in [5, 5.41) is 0. The summed E-state index contributed by atoms with van der Waals surface area (Å²) in [6.45, 7) is 3.16. The standard InChI is InChI=1S/C6H10F6Si/c1-13(2,3)4(5(7,8)9)6(10,11)12/h4H,1-3H3. The number of rotatable bonds is 1. The summed E-state index contributed by atoms with van der Waals surface area (Å²) in [6, 6.07) is 0. The van der Waals surface area contributed by atoms with Gasteiger partial charge in [0.05, 0.1) is 8.07 Å². The lowest BCUT2D eigenvalue weighted by molar-refractivity contribution is -0.233. The Labute approximate surface area is 72.9 Å². The Balaban J connectivity index is 5.02. The molecule has 0 N–H and O–H groups in total. The Hall–Kier alpha value is -0.203. The molecule has 0 fully saturated rings. The van der Waals surface area contributed by atoms with Crippen LogP contribution in [0.2, 0.25) is 25.2 Å². The Bertz CT molecular complexity index is 140. The summed E-state index contributed by atoms with van der Waals surface area (Å²) in [6.07, 6.45) is -10.4. The summed E-state index contributed by atoms with van der Waals surface area (Å²) < 4.78 is 72.2. The zero-order chi connectivity index (χ0) is 11.1. The van der Waals surface area contributed by atoms with Crippen LogP contribution in [0.1, 0.15) is 0 Å². The molecule has 0 spiro atoms. The van der Waals surface area contributed by atoms with E-state index in [4.69, 9.17) is 0 Å². The highest BCUT2D eigenvalue weighted by atomic mass is 28.3. The van der Waals surface area contributed by atoms with Gasteiger partial charge in [0.15, 0.2) is 0 Å². The van der Waals surface area contributed by atoms with Crippen molar-refractivity contribution in [3.8, 4) is 0 Å². The predicted octanol–water partition coefficient (Wildman–Crippen LogP) is 3.82. The van der Waals surface area contributed by atoms with Crippen LogP contribution in [-0.4, -0.2) is 20.4 Å². The molecule has 0 aromatic rings. The van der Waals surface area contributed by atoms with Crippen LogP contribution in [-0.2, 0) is 0 Å². The monoisotopic (exact) mass is 224 g/mol. The SMILES string of the molecule is C[Si](C)(C)C(C(F)(F)F)C(F)(F)F. The van der Waals surface area contributed by atoms with E-state index in [1.54, 1.807) is 0 Å². The van der Waals surface area contributed by atoms with Gasteiger partial charge in [-0.15, -0.1) is 0 Å². The quantitative estimate of drug-likeness (QED) is 0.469. The largest absolute Gasteiger partial charge is 0.398 e. The average Bonchev–Trinajstić information content (AvgIpc) is 1.44. The molecule has 80 valence electrons. The molecular weight excluding hydrogens is 214 g/mol. The van der Waals surface area contributed by atoms with Crippen LogP contribution in [0.3, 0.4) is 0 Å². The first kappa shape index (κ1) is 12.8. The summed E-state index contributed by atoms with van der Waals surface area (Å²) in [5.74, 6) is 0. The van der Waals surface area contributed by atoms with E-state index in [1.807, 2.05) is 0 Å². The van der Waals surface area contributed by atoms with Crippen molar-refractivity contribution in [3.63, 3.8) is 0 Å². The molecule has 0 aliphatic rings. The third-order valence-electron chi connectivity index (χ3n) is 1.52. The van der Waals surface area contributed by atoms with Crippen LogP contribution < -0.4 is 0 Å². The van der Waals surface area contributed by atoms with Crippen LogP contribution in [0.4, 0.5) is 26.3 Å². The Morgan fingerprint density at radius 1 is 0.769 bits per heavy atom. The highest BCUT2D eigenvalue weighted by molar-refractivity contribution is 6.78. The smallest absolute Gasteiger partial charge is 0.171 e. The molecule has 13 heavy (non-hydrogen) atoms. The van der Waals surface area contributed by atoms with E-state index in [2.05, 4.69) is 0 Å². The molecule has 0 aliphatic heterocycles. The second kappa shape index (κ2) is 3.18. The minimum atomic E-state index is -5.18. The fourth-order valence-corrected chi connectivity index (χ4v) is 3.13. The van der Waals surface area contributed by atoms with Crippen LogP contribution >= 0.6 is 0 Å². The van der Waals surface area contributed by atoms with Crippen LogP contribution in [0.5, 0.6) is 0 Å². The lowest BCUT2D eigenvalue weighted by Gasteiger charge is -2.32. The van der Waals surface area contributed by atoms with Crippen LogP contribution in [0.15, 0.2) is 0 Å². The first-order valence-electron chi connectivity index (χ1n) is 3.50. The second-order valence-electron chi connectivity index (χ2n) is 3.88. The average molecular weight is 224 g/mol. The molecule has 0 unspecified atom stereocenters. The first-order chi connectivity index (χ1) is 5.37. The van der Waals surface area contributed by atoms with Gasteiger partial charge in [0, 0.05) is 0 Å². The van der Waals surface area contributed by atoms with Crippen molar-refractivity contribution in [2.45, 2.75) is 37.5 Å². The minimum absolute atomic E-state index is 1.05. The Kier molecular flexibility index (Phi) is 3.13. The maximum atomic E-state index is 12.0. The van der Waals surface area contributed by atoms with E-state index < -0.39 is 26.0 Å². The van der Waals surface area contributed by atoms with Gasteiger partial charge in [0.25, 0.3) is 0 Å². The molecule has 0 aromatic heterocycles. The summed E-state index contributed by atoms with van der Waals surface area (Å²) in [5.41, 5.74) is -3.13. The molecule has 0 bridgehead atoms. The van der Waals surface area contributed by atoms with Crippen molar-refractivity contribution in [2.24, 2.45) is 0 Å². The fraction of sp³-hybridized carbons (Fsp3) is 1.00. The second-order valence-corrected chi connectivity index (χ2v) is 9.19. The number of alkyl halides is 6. The third kappa shape index (κ3) is 3.57. The lowest BCUT2D eigenvalue weighted by Crippen LogP contribution is -2.46. The van der Waals surface area contributed by atoms with Gasteiger partial charge in [-0.1, -0.05) is 19.6 Å². The van der Waals surface area contributed by atoms with E-state index >= 15 is 0 Å². The molecule has 0 heterocycles. The molecule has 0 nitrogen and oxygen atoms in total. The van der Waals surface area contributed by atoms with Gasteiger partial charge in [0.2, 0.25) is 0 Å².